The Morgan fingerprint density at radius 3 is 3.06 bits per heavy atom. The summed E-state index contributed by atoms with van der Waals surface area (Å²) in [6, 6.07) is 7.66. The van der Waals surface area contributed by atoms with Gasteiger partial charge in [-0.3, -0.25) is 4.79 Å². The number of hydrogen-bond donors (Lipinski definition) is 2. The molecular formula is C13H10N2O3. The number of carbonyl (C=O) groups is 1. The van der Waals surface area contributed by atoms with Crippen LogP contribution in [0.15, 0.2) is 41.1 Å². The number of carboxylic acids is 1. The normalized spacial score (nSPS) is 10.9. The summed E-state index contributed by atoms with van der Waals surface area (Å²) in [5.41, 5.74) is 2.44. The molecule has 0 unspecified atom stereocenters. The lowest BCUT2D eigenvalue weighted by Crippen LogP contribution is -2.01. The maximum Gasteiger partial charge on any atom is 0.311 e. The van der Waals surface area contributed by atoms with Gasteiger partial charge in [0.15, 0.2) is 0 Å². The number of fused-ring (bicyclic) bond motifs is 1. The van der Waals surface area contributed by atoms with E-state index < -0.39 is 5.97 Å². The van der Waals surface area contributed by atoms with Gasteiger partial charge in [0.2, 0.25) is 0 Å². The molecule has 0 aliphatic rings. The van der Waals surface area contributed by atoms with Crippen molar-refractivity contribution in [2.75, 3.05) is 0 Å². The van der Waals surface area contributed by atoms with Crippen molar-refractivity contribution in [3.8, 4) is 11.3 Å². The number of para-hydroxylation sites is 1. The van der Waals surface area contributed by atoms with Crippen molar-refractivity contribution in [1.82, 2.24) is 9.97 Å². The van der Waals surface area contributed by atoms with Gasteiger partial charge in [-0.05, 0) is 6.07 Å². The van der Waals surface area contributed by atoms with Crippen molar-refractivity contribution in [1.29, 1.82) is 0 Å². The number of nitrogens with one attached hydrogen (secondary N) is 1. The van der Waals surface area contributed by atoms with Crippen molar-refractivity contribution in [3.05, 3.63) is 42.5 Å². The van der Waals surface area contributed by atoms with Gasteiger partial charge in [-0.1, -0.05) is 18.2 Å². The van der Waals surface area contributed by atoms with Crippen LogP contribution in [0.5, 0.6) is 0 Å². The molecular weight excluding hydrogens is 232 g/mol. The fourth-order valence-corrected chi connectivity index (χ4v) is 1.92. The topological polar surface area (TPSA) is 79.1 Å². The highest BCUT2D eigenvalue weighted by molar-refractivity contribution is 5.92. The lowest BCUT2D eigenvalue weighted by atomic mass is 10.1. The molecule has 90 valence electrons. The molecule has 0 bridgehead atoms. The van der Waals surface area contributed by atoms with E-state index in [1.165, 1.54) is 0 Å². The fraction of sp³-hybridized carbons (Fsp3) is 0.0769. The van der Waals surface area contributed by atoms with Crippen molar-refractivity contribution in [2.45, 2.75) is 6.42 Å². The first kappa shape index (κ1) is 10.6. The number of imidazole rings is 1. The highest BCUT2D eigenvalue weighted by atomic mass is 16.4. The number of benzene rings is 1. The largest absolute Gasteiger partial charge is 0.481 e. The van der Waals surface area contributed by atoms with Crippen LogP contribution < -0.4 is 0 Å². The highest BCUT2D eigenvalue weighted by Gasteiger charge is 2.11. The fourth-order valence-electron chi connectivity index (χ4n) is 1.92. The molecule has 2 heterocycles. The van der Waals surface area contributed by atoms with Crippen LogP contribution in [0, 0.1) is 0 Å². The average molecular weight is 242 g/mol. The van der Waals surface area contributed by atoms with E-state index in [1.54, 1.807) is 12.5 Å². The van der Waals surface area contributed by atoms with E-state index in [0.29, 0.717) is 5.82 Å². The van der Waals surface area contributed by atoms with Gasteiger partial charge in [0, 0.05) is 10.9 Å². The second-order valence-electron chi connectivity index (χ2n) is 3.96. The molecule has 0 aliphatic carbocycles. The summed E-state index contributed by atoms with van der Waals surface area (Å²) >= 11 is 0. The smallest absolute Gasteiger partial charge is 0.311 e. The second-order valence-corrected chi connectivity index (χ2v) is 3.96. The van der Waals surface area contributed by atoms with Gasteiger partial charge < -0.3 is 14.5 Å². The Kier molecular flexibility index (Phi) is 2.37. The van der Waals surface area contributed by atoms with Crippen LogP contribution in [0.3, 0.4) is 0 Å². The zero-order valence-electron chi connectivity index (χ0n) is 9.38. The molecule has 2 N–H and O–H groups in total. The van der Waals surface area contributed by atoms with Crippen molar-refractivity contribution >= 4 is 16.9 Å². The Labute approximate surface area is 102 Å². The van der Waals surface area contributed by atoms with Crippen LogP contribution in [0.4, 0.5) is 0 Å². The molecule has 0 aliphatic heterocycles. The maximum absolute atomic E-state index is 10.6. The predicted molar refractivity (Wildman–Crippen MR) is 65.1 cm³/mol. The summed E-state index contributed by atoms with van der Waals surface area (Å²) in [7, 11) is 0. The number of aromatic amines is 1. The predicted octanol–water partition coefficient (Wildman–Crippen LogP) is 2.45. The third-order valence-corrected chi connectivity index (χ3v) is 2.72. The Morgan fingerprint density at radius 2 is 2.22 bits per heavy atom. The van der Waals surface area contributed by atoms with E-state index >= 15 is 0 Å². The lowest BCUT2D eigenvalue weighted by molar-refractivity contribution is -0.136. The first-order chi connectivity index (χ1) is 8.74. The molecule has 0 atom stereocenters. The van der Waals surface area contributed by atoms with Gasteiger partial charge in [-0.15, -0.1) is 0 Å². The molecule has 18 heavy (non-hydrogen) atoms. The third kappa shape index (κ3) is 1.75. The molecule has 0 amide bonds. The van der Waals surface area contributed by atoms with E-state index in [9.17, 15) is 4.79 Å². The quantitative estimate of drug-likeness (QED) is 0.739. The molecule has 0 saturated heterocycles. The summed E-state index contributed by atoms with van der Waals surface area (Å²) in [6.07, 6.45) is 3.15. The Balaban J connectivity index is 2.04. The number of carboxylic acid groups (broad SMARTS) is 1. The zero-order valence-corrected chi connectivity index (χ0v) is 9.38. The van der Waals surface area contributed by atoms with E-state index in [4.69, 9.17) is 9.52 Å². The standard InChI is InChI=1S/C13H10N2O3/c16-13(17)5-12-14-6-10(15-12)9-7-18-11-4-2-1-3-8(9)11/h1-4,6-7H,5H2,(H,14,15)(H,16,17). The molecule has 5 heteroatoms. The van der Waals surface area contributed by atoms with Gasteiger partial charge in [0.05, 0.1) is 11.9 Å². The van der Waals surface area contributed by atoms with Gasteiger partial charge >= 0.3 is 5.97 Å². The Morgan fingerprint density at radius 1 is 1.39 bits per heavy atom. The van der Waals surface area contributed by atoms with Crippen molar-refractivity contribution < 1.29 is 14.3 Å². The molecule has 1 aromatic carbocycles. The van der Waals surface area contributed by atoms with Crippen LogP contribution in [0.25, 0.3) is 22.2 Å². The van der Waals surface area contributed by atoms with Crippen molar-refractivity contribution in [2.24, 2.45) is 0 Å². The average Bonchev–Trinajstić information content (AvgIpc) is 2.94. The van der Waals surface area contributed by atoms with Gasteiger partial charge in [-0.2, -0.15) is 0 Å². The monoisotopic (exact) mass is 242 g/mol. The van der Waals surface area contributed by atoms with Gasteiger partial charge in [0.1, 0.15) is 24.1 Å². The van der Waals surface area contributed by atoms with E-state index in [1.807, 2.05) is 24.3 Å². The number of H-pyrrole nitrogens is 1. The number of hydrogen-bond acceptors (Lipinski definition) is 3. The van der Waals surface area contributed by atoms with Gasteiger partial charge in [-0.25, -0.2) is 4.98 Å². The summed E-state index contributed by atoms with van der Waals surface area (Å²) in [6.45, 7) is 0. The minimum atomic E-state index is -0.909. The molecule has 0 saturated carbocycles. The maximum atomic E-state index is 10.6. The summed E-state index contributed by atoms with van der Waals surface area (Å²) in [5.74, 6) is -0.476. The third-order valence-electron chi connectivity index (χ3n) is 2.72. The first-order valence-electron chi connectivity index (χ1n) is 5.46. The summed E-state index contributed by atoms with van der Waals surface area (Å²) in [4.78, 5) is 17.6. The molecule has 5 nitrogen and oxygen atoms in total. The summed E-state index contributed by atoms with van der Waals surface area (Å²) < 4.78 is 5.43. The number of aromatic nitrogens is 2. The van der Waals surface area contributed by atoms with Crippen LogP contribution in [-0.2, 0) is 11.2 Å². The first-order valence-corrected chi connectivity index (χ1v) is 5.46. The molecule has 2 aromatic heterocycles. The lowest BCUT2D eigenvalue weighted by Gasteiger charge is -1.93. The van der Waals surface area contributed by atoms with E-state index in [2.05, 4.69) is 9.97 Å². The minimum Gasteiger partial charge on any atom is -0.481 e. The van der Waals surface area contributed by atoms with E-state index in [-0.39, 0.29) is 6.42 Å². The number of rotatable bonds is 3. The van der Waals surface area contributed by atoms with E-state index in [0.717, 1.165) is 22.2 Å². The van der Waals surface area contributed by atoms with Crippen LogP contribution >= 0.6 is 0 Å². The Bertz CT molecular complexity index is 712. The number of aliphatic carboxylic acids is 1. The molecule has 0 fully saturated rings. The number of nitrogens with zero attached hydrogens (tertiary/aromatic N) is 1. The summed E-state index contributed by atoms with van der Waals surface area (Å²) in [5, 5.41) is 9.68. The molecule has 3 rings (SSSR count). The van der Waals surface area contributed by atoms with Crippen LogP contribution in [-0.4, -0.2) is 21.0 Å². The highest BCUT2D eigenvalue weighted by Crippen LogP contribution is 2.29. The van der Waals surface area contributed by atoms with Crippen LogP contribution in [0.2, 0.25) is 0 Å². The van der Waals surface area contributed by atoms with Crippen molar-refractivity contribution in [3.63, 3.8) is 0 Å². The molecule has 0 spiro atoms. The van der Waals surface area contributed by atoms with Crippen LogP contribution in [0.1, 0.15) is 5.82 Å². The number of furan rings is 1. The second kappa shape index (κ2) is 4.03. The molecule has 0 radical (unpaired) electrons. The molecule has 3 aromatic rings. The SMILES string of the molecule is O=C(O)Cc1ncc(-c2coc3ccccc23)[nH]1. The van der Waals surface area contributed by atoms with Gasteiger partial charge in [0.25, 0.3) is 0 Å². The Hall–Kier alpha value is -2.56. The zero-order chi connectivity index (χ0) is 12.5. The minimum absolute atomic E-state index is 0.115.